The van der Waals surface area contributed by atoms with Gasteiger partial charge in [0.2, 0.25) is 0 Å². The molecule has 22 heteroatoms. The molecule has 0 spiro atoms. The first-order valence-electron chi connectivity index (χ1n) is 13.0. The number of nitriles is 3. The molecular weight excluding hydrogens is 765 g/mol. The van der Waals surface area contributed by atoms with Gasteiger partial charge in [0.15, 0.2) is 64.0 Å². The fraction of sp³-hybridized carbons (Fsp3) is 0.129. The number of rotatable bonds is 5. The minimum absolute atomic E-state index is 0.684. The lowest BCUT2D eigenvalue weighted by atomic mass is 9.88. The lowest BCUT2D eigenvalue weighted by Gasteiger charge is -2.21. The largest absolute Gasteiger partial charge is 0.422 e. The average molecular weight is 767 g/mol. The van der Waals surface area contributed by atoms with E-state index in [1.807, 2.05) is 0 Å². The highest BCUT2D eigenvalue weighted by atomic mass is 19.4. The maximum atomic E-state index is 15.3. The lowest BCUT2D eigenvalue weighted by molar-refractivity contribution is -0.150. The van der Waals surface area contributed by atoms with Gasteiger partial charge in [-0.3, -0.25) is 0 Å². The van der Waals surface area contributed by atoms with Crippen LogP contribution >= 0.6 is 0 Å². The van der Waals surface area contributed by atoms with Gasteiger partial charge in [0.05, 0.1) is 34.9 Å². The molecule has 0 amide bonds. The van der Waals surface area contributed by atoms with Crippen LogP contribution in [0.5, 0.6) is 0 Å². The van der Waals surface area contributed by atoms with Crippen LogP contribution in [0.1, 0.15) is 45.3 Å². The van der Waals surface area contributed by atoms with Crippen molar-refractivity contribution in [3.63, 3.8) is 0 Å². The van der Waals surface area contributed by atoms with Gasteiger partial charge >= 0.3 is 12.4 Å². The first kappa shape index (κ1) is 39.2. The maximum absolute atomic E-state index is 15.3. The molecule has 0 fully saturated rings. The SMILES string of the molecule is [C-]#[N+]c1c(F)c(F)c(/C(C#N)=C2C(C(C#N)c3c(F)c(F)c(C(F)(F)F)c(F)c3C(F)(F)F)=C/2C([N+]#[C-])c2c(F)c(F)c(C#N)c(F)c2F)c(F)c1F. The zero-order valence-electron chi connectivity index (χ0n) is 24.3. The molecule has 0 heterocycles. The summed E-state index contributed by atoms with van der Waals surface area (Å²) in [6, 6.07) is -1.04. The molecule has 0 aliphatic heterocycles. The summed E-state index contributed by atoms with van der Waals surface area (Å²) in [5.74, 6) is -35.0. The summed E-state index contributed by atoms with van der Waals surface area (Å²) < 4.78 is 246. The van der Waals surface area contributed by atoms with Crippen molar-refractivity contribution >= 4 is 11.3 Å². The Morgan fingerprint density at radius 1 is 0.566 bits per heavy atom. The van der Waals surface area contributed by atoms with E-state index in [4.69, 9.17) is 18.4 Å². The van der Waals surface area contributed by atoms with Gasteiger partial charge in [-0.2, -0.15) is 42.1 Å². The van der Waals surface area contributed by atoms with Gasteiger partial charge in [0, 0.05) is 11.1 Å². The van der Waals surface area contributed by atoms with Crippen LogP contribution in [-0.4, -0.2) is 0 Å². The van der Waals surface area contributed by atoms with Crippen molar-refractivity contribution in [3.05, 3.63) is 137 Å². The van der Waals surface area contributed by atoms with Crippen LogP contribution in [0.15, 0.2) is 16.7 Å². The minimum atomic E-state index is -6.53. The molecule has 2 atom stereocenters. The molecule has 3 aromatic carbocycles. The Morgan fingerprint density at radius 3 is 1.42 bits per heavy atom. The van der Waals surface area contributed by atoms with E-state index in [9.17, 15) is 63.2 Å². The second kappa shape index (κ2) is 13.2. The normalized spacial score (nSPS) is 14.8. The summed E-state index contributed by atoms with van der Waals surface area (Å²) in [7, 11) is 0. The molecule has 1 aliphatic rings. The van der Waals surface area contributed by atoms with Gasteiger partial charge in [0.1, 0.15) is 34.7 Å². The van der Waals surface area contributed by atoms with E-state index >= 15 is 22.0 Å². The van der Waals surface area contributed by atoms with E-state index in [-0.39, 0.29) is 0 Å². The molecule has 0 bridgehead atoms. The fourth-order valence-corrected chi connectivity index (χ4v) is 5.25. The molecule has 1 aliphatic carbocycles. The van der Waals surface area contributed by atoms with Crippen molar-refractivity contribution in [2.75, 3.05) is 0 Å². The van der Waals surface area contributed by atoms with Crippen molar-refractivity contribution in [2.24, 2.45) is 0 Å². The van der Waals surface area contributed by atoms with Crippen LogP contribution < -0.4 is 0 Å². The molecular formula is C31H2F17N5. The quantitative estimate of drug-likeness (QED) is 0.112. The van der Waals surface area contributed by atoms with Crippen LogP contribution in [0, 0.1) is 111 Å². The summed E-state index contributed by atoms with van der Waals surface area (Å²) in [6.07, 6.45) is -13.0. The minimum Gasteiger partial charge on any atom is -0.303 e. The Hall–Kier alpha value is -6.60. The Morgan fingerprint density at radius 2 is 1.04 bits per heavy atom. The molecule has 0 saturated carbocycles. The third-order valence-electron chi connectivity index (χ3n) is 7.45. The van der Waals surface area contributed by atoms with Gasteiger partial charge in [0.25, 0.3) is 11.7 Å². The molecule has 5 nitrogen and oxygen atoms in total. The first-order chi connectivity index (χ1) is 24.5. The summed E-state index contributed by atoms with van der Waals surface area (Å²) in [6.45, 7) is 14.1. The Kier molecular flexibility index (Phi) is 9.75. The van der Waals surface area contributed by atoms with Crippen LogP contribution in [0.4, 0.5) is 80.3 Å². The monoisotopic (exact) mass is 767 g/mol. The molecule has 270 valence electrons. The number of hydrogen-bond acceptors (Lipinski definition) is 3. The standard InChI is InChI=1S/C31H2F17N5/c1-52-28(14-22(37)17(32)8(5-51)18(33)23(14)38)13-9(10(13)7(4-50)12-20(35)26(41)29(53-2)27(42)21(12)36)6(3-49)11-15(30(43,44)45)24(39)16(31(46,47)48)25(40)19(11)34/h6,28H/b10-7-. The topological polar surface area (TPSA) is 80.1 Å². The molecule has 0 radical (unpaired) electrons. The molecule has 0 N–H and O–H groups in total. The van der Waals surface area contributed by atoms with Crippen LogP contribution in [-0.2, 0) is 12.4 Å². The van der Waals surface area contributed by atoms with Crippen molar-refractivity contribution in [1.82, 2.24) is 0 Å². The van der Waals surface area contributed by atoms with Crippen molar-refractivity contribution in [2.45, 2.75) is 24.3 Å². The highest BCUT2D eigenvalue weighted by Crippen LogP contribution is 2.60. The number of hydrogen-bond donors (Lipinski definition) is 0. The molecule has 3 aromatic rings. The number of nitrogens with zero attached hydrogens (tertiary/aromatic N) is 5. The van der Waals surface area contributed by atoms with Crippen molar-refractivity contribution in [3.8, 4) is 18.2 Å². The molecule has 0 aromatic heterocycles. The molecule has 4 rings (SSSR count). The van der Waals surface area contributed by atoms with E-state index < -0.39 is 150 Å². The zero-order valence-corrected chi connectivity index (χ0v) is 24.3. The van der Waals surface area contributed by atoms with E-state index in [2.05, 4.69) is 9.69 Å². The third kappa shape index (κ3) is 5.80. The summed E-state index contributed by atoms with van der Waals surface area (Å²) in [4.78, 5) is 4.69. The lowest BCUT2D eigenvalue weighted by Crippen LogP contribution is -2.23. The van der Waals surface area contributed by atoms with Gasteiger partial charge in [-0.15, -0.1) is 0 Å². The fourth-order valence-electron chi connectivity index (χ4n) is 5.25. The summed E-state index contributed by atoms with van der Waals surface area (Å²) in [5, 5.41) is 28.5. The predicted molar refractivity (Wildman–Crippen MR) is 137 cm³/mol. The zero-order chi connectivity index (χ0) is 40.4. The number of allylic oxidation sites excluding steroid dienone is 2. The van der Waals surface area contributed by atoms with Gasteiger partial charge in [-0.05, 0) is 5.57 Å². The molecule has 2 unspecified atom stereocenters. The van der Waals surface area contributed by atoms with E-state index in [1.54, 1.807) is 0 Å². The molecule has 53 heavy (non-hydrogen) atoms. The second-order valence-electron chi connectivity index (χ2n) is 10.1. The number of benzene rings is 3. The maximum Gasteiger partial charge on any atom is 0.422 e. The Labute approximate surface area is 281 Å². The molecule has 0 saturated heterocycles. The van der Waals surface area contributed by atoms with Crippen LogP contribution in [0.25, 0.3) is 15.3 Å². The van der Waals surface area contributed by atoms with Gasteiger partial charge in [-0.25, -0.2) is 59.7 Å². The summed E-state index contributed by atoms with van der Waals surface area (Å²) >= 11 is 0. The number of alkyl halides is 6. The smallest absolute Gasteiger partial charge is 0.303 e. The highest BCUT2D eigenvalue weighted by Gasteiger charge is 2.55. The third-order valence-corrected chi connectivity index (χ3v) is 7.45. The summed E-state index contributed by atoms with van der Waals surface area (Å²) in [5.41, 5.74) is -25.3. The Bertz CT molecular complexity index is 2400. The van der Waals surface area contributed by atoms with Gasteiger partial charge < -0.3 is 4.85 Å². The van der Waals surface area contributed by atoms with Crippen LogP contribution in [0.3, 0.4) is 0 Å². The Balaban J connectivity index is 2.30. The van der Waals surface area contributed by atoms with Crippen molar-refractivity contribution in [1.29, 1.82) is 15.8 Å². The van der Waals surface area contributed by atoms with Crippen molar-refractivity contribution < 1.29 is 74.6 Å². The van der Waals surface area contributed by atoms with E-state index in [1.165, 1.54) is 0 Å². The highest BCUT2D eigenvalue weighted by molar-refractivity contribution is 5.95. The van der Waals surface area contributed by atoms with E-state index in [0.29, 0.717) is 12.1 Å². The number of halogens is 17. The second-order valence-corrected chi connectivity index (χ2v) is 10.1. The predicted octanol–water partition coefficient (Wildman–Crippen LogP) is 10.2. The first-order valence-corrected chi connectivity index (χ1v) is 13.0. The average Bonchev–Trinajstić information content (AvgIpc) is 3.78. The van der Waals surface area contributed by atoms with Gasteiger partial charge in [-0.1, -0.05) is 0 Å². The van der Waals surface area contributed by atoms with E-state index in [0.717, 1.165) is 6.07 Å². The van der Waals surface area contributed by atoms with Crippen LogP contribution in [0.2, 0.25) is 0 Å².